The highest BCUT2D eigenvalue weighted by Crippen LogP contribution is 2.38. The molecular weight excluding hydrogens is 369 g/mol. The molecular formula is C20H23F3N4O. The highest BCUT2D eigenvalue weighted by Gasteiger charge is 2.35. The zero-order valence-corrected chi connectivity index (χ0v) is 15.6. The Morgan fingerprint density at radius 1 is 1.11 bits per heavy atom. The number of aryl methyl sites for hydroxylation is 1. The number of halogens is 3. The molecule has 2 aliphatic heterocycles. The Kier molecular flexibility index (Phi) is 4.91. The van der Waals surface area contributed by atoms with Gasteiger partial charge in [-0.3, -0.25) is 4.90 Å². The molecule has 28 heavy (non-hydrogen) atoms. The van der Waals surface area contributed by atoms with Crippen LogP contribution in [-0.4, -0.2) is 45.4 Å². The molecule has 0 bridgehead atoms. The van der Waals surface area contributed by atoms with Gasteiger partial charge in [-0.15, -0.1) is 10.2 Å². The smallest absolute Gasteiger partial charge is 0.416 e. The van der Waals surface area contributed by atoms with Gasteiger partial charge in [-0.25, -0.2) is 0 Å². The summed E-state index contributed by atoms with van der Waals surface area (Å²) >= 11 is 0. The van der Waals surface area contributed by atoms with Gasteiger partial charge in [0.25, 0.3) is 0 Å². The maximum Gasteiger partial charge on any atom is 0.416 e. The summed E-state index contributed by atoms with van der Waals surface area (Å²) in [5, 5.41) is 21.9. The predicted molar refractivity (Wildman–Crippen MR) is 100 cm³/mol. The fourth-order valence-electron chi connectivity index (χ4n) is 4.46. The quantitative estimate of drug-likeness (QED) is 0.819. The van der Waals surface area contributed by atoms with E-state index in [1.165, 1.54) is 19.8 Å². The molecule has 0 spiro atoms. The maximum absolute atomic E-state index is 12.9. The van der Waals surface area contributed by atoms with Crippen LogP contribution >= 0.6 is 0 Å². The van der Waals surface area contributed by atoms with Gasteiger partial charge in [0.05, 0.1) is 11.3 Å². The molecule has 2 aromatic rings. The first-order valence-corrected chi connectivity index (χ1v) is 9.58. The lowest BCUT2D eigenvalue weighted by Gasteiger charge is -2.37. The van der Waals surface area contributed by atoms with Crippen LogP contribution in [0.3, 0.4) is 0 Å². The van der Waals surface area contributed by atoms with E-state index >= 15 is 0 Å². The van der Waals surface area contributed by atoms with Crippen molar-refractivity contribution in [3.8, 4) is 17.0 Å². The van der Waals surface area contributed by atoms with E-state index in [0.29, 0.717) is 29.2 Å². The summed E-state index contributed by atoms with van der Waals surface area (Å²) in [5.41, 5.74) is 0.0409. The third-order valence-corrected chi connectivity index (χ3v) is 5.74. The lowest BCUT2D eigenvalue weighted by molar-refractivity contribution is -0.137. The van der Waals surface area contributed by atoms with Gasteiger partial charge in [0.1, 0.15) is 11.6 Å². The number of benzene rings is 1. The first kappa shape index (κ1) is 19.0. The monoisotopic (exact) mass is 392 g/mol. The largest absolute Gasteiger partial charge is 0.507 e. The summed E-state index contributed by atoms with van der Waals surface area (Å²) < 4.78 is 38.7. The van der Waals surface area contributed by atoms with Gasteiger partial charge in [0.2, 0.25) is 0 Å². The van der Waals surface area contributed by atoms with Crippen LogP contribution in [0.15, 0.2) is 24.3 Å². The van der Waals surface area contributed by atoms with Crippen LogP contribution in [0.4, 0.5) is 19.0 Å². The Morgan fingerprint density at radius 2 is 1.86 bits per heavy atom. The first-order valence-electron chi connectivity index (χ1n) is 9.58. The second-order valence-corrected chi connectivity index (χ2v) is 7.63. The minimum Gasteiger partial charge on any atom is -0.507 e. The SMILES string of the molecule is Cc1cc(C(F)(F)F)cc(O)c1-c1ccc(N[C@H]2CCCN3CCC[C@@H]23)nn1. The molecule has 2 saturated heterocycles. The highest BCUT2D eigenvalue weighted by atomic mass is 19.4. The third-order valence-electron chi connectivity index (χ3n) is 5.74. The minimum atomic E-state index is -4.51. The van der Waals surface area contributed by atoms with E-state index in [2.05, 4.69) is 20.4 Å². The van der Waals surface area contributed by atoms with Crippen molar-refractivity contribution in [2.24, 2.45) is 0 Å². The van der Waals surface area contributed by atoms with Crippen LogP contribution in [0.25, 0.3) is 11.3 Å². The van der Waals surface area contributed by atoms with Crippen molar-refractivity contribution in [1.82, 2.24) is 15.1 Å². The Morgan fingerprint density at radius 3 is 2.50 bits per heavy atom. The third kappa shape index (κ3) is 3.65. The van der Waals surface area contributed by atoms with Crippen molar-refractivity contribution in [2.75, 3.05) is 18.4 Å². The number of piperidine rings is 1. The number of alkyl halides is 3. The fourth-order valence-corrected chi connectivity index (χ4v) is 4.46. The highest BCUT2D eigenvalue weighted by molar-refractivity contribution is 5.71. The van der Waals surface area contributed by atoms with Crippen molar-refractivity contribution < 1.29 is 18.3 Å². The van der Waals surface area contributed by atoms with E-state index in [1.807, 2.05) is 0 Å². The van der Waals surface area contributed by atoms with Crippen LogP contribution in [0.5, 0.6) is 5.75 Å². The summed E-state index contributed by atoms with van der Waals surface area (Å²) in [5.74, 6) is 0.197. The zero-order chi connectivity index (χ0) is 19.9. The molecule has 0 unspecified atom stereocenters. The van der Waals surface area contributed by atoms with Gasteiger partial charge < -0.3 is 10.4 Å². The molecule has 0 radical (unpaired) electrons. The minimum absolute atomic E-state index is 0.270. The van der Waals surface area contributed by atoms with Gasteiger partial charge in [0.15, 0.2) is 0 Å². The Bertz CT molecular complexity index is 831. The van der Waals surface area contributed by atoms with Crippen molar-refractivity contribution >= 4 is 5.82 Å². The number of nitrogens with zero attached hydrogens (tertiary/aromatic N) is 3. The molecule has 2 N–H and O–H groups in total. The number of phenols is 1. The number of phenolic OH excluding ortho intramolecular Hbond substituents is 1. The van der Waals surface area contributed by atoms with Crippen LogP contribution in [0.1, 0.15) is 36.8 Å². The van der Waals surface area contributed by atoms with Crippen LogP contribution in [-0.2, 0) is 6.18 Å². The molecule has 5 nitrogen and oxygen atoms in total. The van der Waals surface area contributed by atoms with Crippen molar-refractivity contribution in [2.45, 2.75) is 50.9 Å². The first-order chi connectivity index (χ1) is 13.3. The van der Waals surface area contributed by atoms with Gasteiger partial charge >= 0.3 is 6.18 Å². The fraction of sp³-hybridized carbons (Fsp3) is 0.500. The molecule has 150 valence electrons. The van der Waals surface area contributed by atoms with Gasteiger partial charge in [-0.1, -0.05) is 0 Å². The number of fused-ring (bicyclic) bond motifs is 1. The molecule has 2 atom stereocenters. The Labute approximate surface area is 161 Å². The number of aromatic nitrogens is 2. The van der Waals surface area contributed by atoms with Gasteiger partial charge in [-0.05, 0) is 75.5 Å². The van der Waals surface area contributed by atoms with E-state index in [1.54, 1.807) is 12.1 Å². The van der Waals surface area contributed by atoms with Crippen molar-refractivity contribution in [3.05, 3.63) is 35.4 Å². The average Bonchev–Trinajstić information content (AvgIpc) is 3.11. The molecule has 8 heteroatoms. The number of hydrogen-bond donors (Lipinski definition) is 2. The lowest BCUT2D eigenvalue weighted by Crippen LogP contribution is -2.47. The molecule has 1 aromatic carbocycles. The molecule has 0 saturated carbocycles. The van der Waals surface area contributed by atoms with Gasteiger partial charge in [0, 0.05) is 17.6 Å². The van der Waals surface area contributed by atoms with E-state index in [0.717, 1.165) is 38.1 Å². The molecule has 4 rings (SSSR count). The number of anilines is 1. The van der Waals surface area contributed by atoms with E-state index in [4.69, 9.17) is 0 Å². The van der Waals surface area contributed by atoms with Crippen molar-refractivity contribution in [1.29, 1.82) is 0 Å². The number of aromatic hydroxyl groups is 1. The maximum atomic E-state index is 12.9. The number of hydrogen-bond acceptors (Lipinski definition) is 5. The van der Waals surface area contributed by atoms with E-state index < -0.39 is 17.5 Å². The molecule has 2 fully saturated rings. The second-order valence-electron chi connectivity index (χ2n) is 7.63. The van der Waals surface area contributed by atoms with Crippen LogP contribution in [0, 0.1) is 6.92 Å². The summed E-state index contributed by atoms with van der Waals surface area (Å²) in [6.07, 6.45) is 0.137. The van der Waals surface area contributed by atoms with E-state index in [9.17, 15) is 18.3 Å². The van der Waals surface area contributed by atoms with Crippen molar-refractivity contribution in [3.63, 3.8) is 0 Å². The molecule has 0 amide bonds. The van der Waals surface area contributed by atoms with Crippen LogP contribution < -0.4 is 5.32 Å². The average molecular weight is 392 g/mol. The Hall–Kier alpha value is -2.35. The zero-order valence-electron chi connectivity index (χ0n) is 15.6. The molecule has 2 aliphatic rings. The van der Waals surface area contributed by atoms with Gasteiger partial charge in [-0.2, -0.15) is 13.2 Å². The molecule has 1 aromatic heterocycles. The standard InChI is InChI=1S/C20H23F3N4O/c1-12-10-13(20(21,22)23)11-17(28)19(12)15-6-7-18(26-25-15)24-14-4-2-8-27-9-3-5-16(14)27/h6-7,10-11,14,16,28H,2-5,8-9H2,1H3,(H,24,26)/t14-,16-/m0/s1. The lowest BCUT2D eigenvalue weighted by atomic mass is 9.96. The summed E-state index contributed by atoms with van der Waals surface area (Å²) in [7, 11) is 0. The number of rotatable bonds is 3. The summed E-state index contributed by atoms with van der Waals surface area (Å²) in [6, 6.07) is 6.05. The summed E-state index contributed by atoms with van der Waals surface area (Å²) in [4.78, 5) is 2.52. The van der Waals surface area contributed by atoms with E-state index in [-0.39, 0.29) is 5.56 Å². The topological polar surface area (TPSA) is 61.3 Å². The van der Waals surface area contributed by atoms with Crippen LogP contribution in [0.2, 0.25) is 0 Å². The Balaban J connectivity index is 1.54. The number of nitrogens with one attached hydrogen (secondary N) is 1. The second kappa shape index (κ2) is 7.24. The molecule has 0 aliphatic carbocycles. The summed E-state index contributed by atoms with van der Waals surface area (Å²) in [6.45, 7) is 3.83. The normalized spacial score (nSPS) is 22.9. The molecule has 3 heterocycles. The predicted octanol–water partition coefficient (Wildman–Crippen LogP) is 4.22.